The van der Waals surface area contributed by atoms with E-state index in [1.54, 1.807) is 5.57 Å². The predicted molar refractivity (Wildman–Crippen MR) is 93.6 cm³/mol. The van der Waals surface area contributed by atoms with Crippen molar-refractivity contribution in [3.8, 4) is 0 Å². The maximum absolute atomic E-state index is 4.48. The van der Waals surface area contributed by atoms with Gasteiger partial charge in [-0.25, -0.2) is 0 Å². The second kappa shape index (κ2) is 5.36. The standard InChI is InChI=1S/C21H35N/c1-13-10-17-14(2)8-9-19-20(18(17)11-13)21(19,3)15-6-5-7-16(12-15)22-4/h13,15-20,22H,2,5-12H2,1,3-4H3/t13-,15-,16-,17+,18+,19+,20-,21+/m0/s1. The molecule has 0 amide bonds. The van der Waals surface area contributed by atoms with E-state index < -0.39 is 0 Å². The van der Waals surface area contributed by atoms with Gasteiger partial charge in [-0.2, -0.15) is 0 Å². The first-order valence-electron chi connectivity index (χ1n) is 9.90. The van der Waals surface area contributed by atoms with E-state index in [2.05, 4.69) is 32.8 Å². The van der Waals surface area contributed by atoms with E-state index in [1.165, 1.54) is 51.4 Å². The highest BCUT2D eigenvalue weighted by atomic mass is 14.9. The molecule has 8 atom stereocenters. The first kappa shape index (κ1) is 15.2. The highest BCUT2D eigenvalue weighted by molar-refractivity contribution is 5.22. The molecule has 0 aromatic heterocycles. The van der Waals surface area contributed by atoms with Crippen LogP contribution in [0.15, 0.2) is 12.2 Å². The Morgan fingerprint density at radius 2 is 1.95 bits per heavy atom. The van der Waals surface area contributed by atoms with E-state index in [0.29, 0.717) is 5.41 Å². The molecule has 0 saturated heterocycles. The molecule has 1 nitrogen and oxygen atoms in total. The van der Waals surface area contributed by atoms with Gasteiger partial charge in [0.15, 0.2) is 0 Å². The Kier molecular flexibility index (Phi) is 3.72. The molecule has 0 aliphatic heterocycles. The van der Waals surface area contributed by atoms with Crippen LogP contribution in [0.3, 0.4) is 0 Å². The van der Waals surface area contributed by atoms with Gasteiger partial charge in [0.05, 0.1) is 0 Å². The topological polar surface area (TPSA) is 12.0 Å². The van der Waals surface area contributed by atoms with Gasteiger partial charge in [0.1, 0.15) is 0 Å². The van der Waals surface area contributed by atoms with E-state index in [9.17, 15) is 0 Å². The molecule has 0 aromatic carbocycles. The van der Waals surface area contributed by atoms with Crippen molar-refractivity contribution in [2.45, 2.75) is 71.3 Å². The van der Waals surface area contributed by atoms with Crippen molar-refractivity contribution in [3.63, 3.8) is 0 Å². The average molecular weight is 302 g/mol. The van der Waals surface area contributed by atoms with Crippen molar-refractivity contribution in [1.29, 1.82) is 0 Å². The quantitative estimate of drug-likeness (QED) is 0.705. The van der Waals surface area contributed by atoms with E-state index in [1.807, 2.05) is 0 Å². The van der Waals surface area contributed by atoms with Gasteiger partial charge < -0.3 is 5.32 Å². The maximum Gasteiger partial charge on any atom is 0.00669 e. The molecule has 22 heavy (non-hydrogen) atoms. The number of rotatable bonds is 2. The summed E-state index contributed by atoms with van der Waals surface area (Å²) in [6, 6.07) is 0.786. The fraction of sp³-hybridized carbons (Fsp3) is 0.905. The van der Waals surface area contributed by atoms with Crippen molar-refractivity contribution < 1.29 is 0 Å². The molecule has 0 bridgehead atoms. The van der Waals surface area contributed by atoms with Gasteiger partial charge in [0, 0.05) is 6.04 Å². The van der Waals surface area contributed by atoms with Crippen molar-refractivity contribution in [1.82, 2.24) is 5.32 Å². The molecule has 1 N–H and O–H groups in total. The Morgan fingerprint density at radius 1 is 1.14 bits per heavy atom. The summed E-state index contributed by atoms with van der Waals surface area (Å²) >= 11 is 0. The summed E-state index contributed by atoms with van der Waals surface area (Å²) in [5, 5.41) is 3.57. The van der Waals surface area contributed by atoms with Crippen molar-refractivity contribution in [2.24, 2.45) is 40.9 Å². The monoisotopic (exact) mass is 301 g/mol. The van der Waals surface area contributed by atoms with Crippen molar-refractivity contribution >= 4 is 0 Å². The van der Waals surface area contributed by atoms with Crippen molar-refractivity contribution in [2.75, 3.05) is 7.05 Å². The number of fused-ring (bicyclic) bond motifs is 3. The van der Waals surface area contributed by atoms with E-state index in [0.717, 1.165) is 41.5 Å². The lowest BCUT2D eigenvalue weighted by Crippen LogP contribution is -2.35. The molecule has 0 aromatic rings. The molecule has 0 radical (unpaired) electrons. The lowest BCUT2D eigenvalue weighted by atomic mass is 9.71. The van der Waals surface area contributed by atoms with E-state index in [4.69, 9.17) is 0 Å². The largest absolute Gasteiger partial charge is 0.317 e. The van der Waals surface area contributed by atoms with Gasteiger partial charge in [-0.05, 0) is 92.9 Å². The number of allylic oxidation sites excluding steroid dienone is 1. The minimum absolute atomic E-state index is 0.670. The Hall–Kier alpha value is -0.300. The summed E-state index contributed by atoms with van der Waals surface area (Å²) in [7, 11) is 2.17. The molecular formula is C21H35N. The molecule has 0 spiro atoms. The molecule has 4 aliphatic rings. The first-order chi connectivity index (χ1) is 10.6. The lowest BCUT2D eigenvalue weighted by molar-refractivity contribution is 0.167. The van der Waals surface area contributed by atoms with Crippen LogP contribution < -0.4 is 5.32 Å². The zero-order valence-corrected chi connectivity index (χ0v) is 14.9. The molecule has 4 rings (SSSR count). The number of hydrogen-bond donors (Lipinski definition) is 1. The summed E-state index contributed by atoms with van der Waals surface area (Å²) in [6.07, 6.45) is 11.5. The fourth-order valence-corrected chi connectivity index (χ4v) is 7.23. The van der Waals surface area contributed by atoms with Crippen LogP contribution >= 0.6 is 0 Å². The molecule has 1 heteroatoms. The van der Waals surface area contributed by atoms with Crippen LogP contribution in [0.25, 0.3) is 0 Å². The predicted octanol–water partition coefficient (Wildman–Crippen LogP) is 5.03. The Labute approximate surface area is 137 Å². The summed E-state index contributed by atoms with van der Waals surface area (Å²) in [5.74, 6) is 5.82. The normalized spacial score (nSPS) is 54.5. The van der Waals surface area contributed by atoms with Gasteiger partial charge in [0.2, 0.25) is 0 Å². The Balaban J connectivity index is 1.56. The molecule has 4 fully saturated rings. The zero-order valence-electron chi connectivity index (χ0n) is 14.9. The summed E-state index contributed by atoms with van der Waals surface area (Å²) in [6.45, 7) is 9.64. The fourth-order valence-electron chi connectivity index (χ4n) is 7.23. The Bertz CT molecular complexity index is 455. The molecular weight excluding hydrogens is 266 g/mol. The minimum Gasteiger partial charge on any atom is -0.317 e. The van der Waals surface area contributed by atoms with Crippen molar-refractivity contribution in [3.05, 3.63) is 12.2 Å². The highest BCUT2D eigenvalue weighted by Gasteiger charge is 2.68. The lowest BCUT2D eigenvalue weighted by Gasteiger charge is -2.36. The summed E-state index contributed by atoms with van der Waals surface area (Å²) in [5.41, 5.74) is 2.28. The third-order valence-electron chi connectivity index (χ3n) is 8.41. The van der Waals surface area contributed by atoms with Crippen LogP contribution in [0.1, 0.15) is 65.2 Å². The third-order valence-corrected chi connectivity index (χ3v) is 8.41. The molecule has 0 heterocycles. The maximum atomic E-state index is 4.48. The molecule has 0 unspecified atom stereocenters. The summed E-state index contributed by atoms with van der Waals surface area (Å²) < 4.78 is 0. The van der Waals surface area contributed by atoms with Gasteiger partial charge in [0.25, 0.3) is 0 Å². The number of nitrogens with one attached hydrogen (secondary N) is 1. The van der Waals surface area contributed by atoms with Gasteiger partial charge >= 0.3 is 0 Å². The molecule has 4 aliphatic carbocycles. The van der Waals surface area contributed by atoms with Crippen LogP contribution in [0.4, 0.5) is 0 Å². The third kappa shape index (κ3) is 2.14. The van der Waals surface area contributed by atoms with Gasteiger partial charge in [-0.15, -0.1) is 0 Å². The van der Waals surface area contributed by atoms with E-state index >= 15 is 0 Å². The second-order valence-corrected chi connectivity index (χ2v) is 9.39. The van der Waals surface area contributed by atoms with Gasteiger partial charge in [-0.1, -0.05) is 32.4 Å². The van der Waals surface area contributed by atoms with Gasteiger partial charge in [-0.3, -0.25) is 0 Å². The van der Waals surface area contributed by atoms with Crippen LogP contribution in [-0.2, 0) is 0 Å². The smallest absolute Gasteiger partial charge is 0.00669 e. The summed E-state index contributed by atoms with van der Waals surface area (Å²) in [4.78, 5) is 0. The van der Waals surface area contributed by atoms with Crippen LogP contribution in [0.5, 0.6) is 0 Å². The molecule has 124 valence electrons. The zero-order chi connectivity index (χ0) is 15.5. The first-order valence-corrected chi connectivity index (χ1v) is 9.90. The average Bonchev–Trinajstić information content (AvgIpc) is 2.99. The SMILES string of the molecule is C=C1CC[C@@H]2[C@H]([C@@H]3C[C@@H](C)C[C@H]13)[C@]2(C)[C@H]1CCC[C@H](NC)C1. The van der Waals surface area contributed by atoms with Crippen LogP contribution in [0.2, 0.25) is 0 Å². The van der Waals surface area contributed by atoms with Crippen LogP contribution in [0, 0.1) is 40.9 Å². The highest BCUT2D eigenvalue weighted by Crippen LogP contribution is 2.74. The second-order valence-electron chi connectivity index (χ2n) is 9.39. The Morgan fingerprint density at radius 3 is 2.73 bits per heavy atom. The molecule has 4 saturated carbocycles. The number of hydrogen-bond acceptors (Lipinski definition) is 1. The minimum atomic E-state index is 0.670. The van der Waals surface area contributed by atoms with Crippen LogP contribution in [-0.4, -0.2) is 13.1 Å². The van der Waals surface area contributed by atoms with E-state index in [-0.39, 0.29) is 0 Å².